The van der Waals surface area contributed by atoms with Gasteiger partial charge in [0, 0.05) is 36.7 Å². The number of halogens is 1. The van der Waals surface area contributed by atoms with Gasteiger partial charge in [-0.05, 0) is 47.9 Å². The van der Waals surface area contributed by atoms with E-state index in [1.165, 1.54) is 33.4 Å². The highest BCUT2D eigenvalue weighted by Crippen LogP contribution is 2.28. The Morgan fingerprint density at radius 3 is 2.72 bits per heavy atom. The lowest BCUT2D eigenvalue weighted by atomic mass is 9.99. The van der Waals surface area contributed by atoms with E-state index in [4.69, 9.17) is 0 Å². The number of aromatic nitrogens is 2. The SMILES string of the molecule is CS(=O)(=O)N1CCc2c(cccc2NC(=O)c2ccc(-n3cccn3)c(F)c2)C1. The average molecular weight is 414 g/mol. The van der Waals surface area contributed by atoms with Crippen molar-refractivity contribution in [1.29, 1.82) is 0 Å². The number of fused-ring (bicyclic) bond motifs is 1. The molecule has 1 N–H and O–H groups in total. The van der Waals surface area contributed by atoms with Crippen molar-refractivity contribution < 1.29 is 17.6 Å². The molecule has 9 heteroatoms. The van der Waals surface area contributed by atoms with E-state index in [9.17, 15) is 17.6 Å². The highest BCUT2D eigenvalue weighted by molar-refractivity contribution is 7.88. The van der Waals surface area contributed by atoms with Gasteiger partial charge in [0.1, 0.15) is 11.5 Å². The maximum Gasteiger partial charge on any atom is 0.255 e. The van der Waals surface area contributed by atoms with Crippen molar-refractivity contribution in [3.63, 3.8) is 0 Å². The van der Waals surface area contributed by atoms with Crippen LogP contribution in [-0.4, -0.2) is 41.2 Å². The predicted molar refractivity (Wildman–Crippen MR) is 107 cm³/mol. The third-order valence-corrected chi connectivity index (χ3v) is 6.16. The second-order valence-corrected chi connectivity index (χ2v) is 8.84. The van der Waals surface area contributed by atoms with Crippen LogP contribution in [0.5, 0.6) is 0 Å². The lowest BCUT2D eigenvalue weighted by Crippen LogP contribution is -2.35. The Morgan fingerprint density at radius 2 is 2.03 bits per heavy atom. The number of nitrogens with zero attached hydrogens (tertiary/aromatic N) is 3. The van der Waals surface area contributed by atoms with Crippen LogP contribution in [-0.2, 0) is 23.0 Å². The third kappa shape index (κ3) is 3.92. The maximum absolute atomic E-state index is 14.4. The number of nitrogens with one attached hydrogen (secondary N) is 1. The van der Waals surface area contributed by atoms with E-state index in [2.05, 4.69) is 10.4 Å². The van der Waals surface area contributed by atoms with E-state index in [1.807, 2.05) is 6.07 Å². The minimum absolute atomic E-state index is 0.185. The highest BCUT2D eigenvalue weighted by Gasteiger charge is 2.25. The number of anilines is 1. The molecular weight excluding hydrogens is 395 g/mol. The zero-order chi connectivity index (χ0) is 20.6. The molecule has 0 spiro atoms. The molecule has 3 aromatic rings. The first-order valence-corrected chi connectivity index (χ1v) is 10.8. The molecular formula is C20H19FN4O3S. The molecule has 0 radical (unpaired) electrons. The Morgan fingerprint density at radius 1 is 1.21 bits per heavy atom. The van der Waals surface area contributed by atoms with Crippen LogP contribution in [0.4, 0.5) is 10.1 Å². The predicted octanol–water partition coefficient (Wildman–Crippen LogP) is 2.58. The van der Waals surface area contributed by atoms with Crippen molar-refractivity contribution in [3.8, 4) is 5.69 Å². The van der Waals surface area contributed by atoms with Gasteiger partial charge in [0.05, 0.1) is 6.26 Å². The van der Waals surface area contributed by atoms with Gasteiger partial charge < -0.3 is 5.32 Å². The summed E-state index contributed by atoms with van der Waals surface area (Å²) in [6.45, 7) is 0.622. The van der Waals surface area contributed by atoms with Crippen LogP contribution >= 0.6 is 0 Å². The van der Waals surface area contributed by atoms with E-state index in [0.29, 0.717) is 18.7 Å². The summed E-state index contributed by atoms with van der Waals surface area (Å²) in [6, 6.07) is 11.3. The van der Waals surface area contributed by atoms with Gasteiger partial charge in [-0.25, -0.2) is 17.5 Å². The van der Waals surface area contributed by atoms with E-state index in [-0.39, 0.29) is 17.8 Å². The Hall–Kier alpha value is -3.04. The number of rotatable bonds is 4. The number of hydrogen-bond acceptors (Lipinski definition) is 4. The maximum atomic E-state index is 14.4. The normalized spacial score (nSPS) is 14.4. The largest absolute Gasteiger partial charge is 0.322 e. The molecule has 29 heavy (non-hydrogen) atoms. The highest BCUT2D eigenvalue weighted by atomic mass is 32.2. The molecule has 1 aliphatic rings. The third-order valence-electron chi connectivity index (χ3n) is 4.91. The molecule has 0 saturated carbocycles. The van der Waals surface area contributed by atoms with Gasteiger partial charge in [0.2, 0.25) is 10.0 Å². The Labute approximate surface area is 167 Å². The summed E-state index contributed by atoms with van der Waals surface area (Å²) in [7, 11) is -3.28. The summed E-state index contributed by atoms with van der Waals surface area (Å²) < 4.78 is 40.8. The molecule has 0 saturated heterocycles. The van der Waals surface area contributed by atoms with Crippen LogP contribution in [0.15, 0.2) is 54.9 Å². The van der Waals surface area contributed by atoms with Gasteiger partial charge in [-0.3, -0.25) is 4.79 Å². The fourth-order valence-corrected chi connectivity index (χ4v) is 4.22. The molecule has 0 unspecified atom stereocenters. The van der Waals surface area contributed by atoms with Crippen molar-refractivity contribution in [2.75, 3.05) is 18.1 Å². The number of sulfonamides is 1. The molecule has 4 rings (SSSR count). The molecule has 1 aliphatic heterocycles. The smallest absolute Gasteiger partial charge is 0.255 e. The van der Waals surface area contributed by atoms with Crippen molar-refractivity contribution in [1.82, 2.24) is 14.1 Å². The van der Waals surface area contributed by atoms with Crippen molar-refractivity contribution in [2.45, 2.75) is 13.0 Å². The summed E-state index contributed by atoms with van der Waals surface area (Å²) in [5.74, 6) is -0.991. The van der Waals surface area contributed by atoms with Crippen molar-refractivity contribution >= 4 is 21.6 Å². The van der Waals surface area contributed by atoms with Crippen LogP contribution in [0, 0.1) is 5.82 Å². The Bertz CT molecular complexity index is 1180. The first-order chi connectivity index (χ1) is 13.8. The summed E-state index contributed by atoms with van der Waals surface area (Å²) in [6.07, 6.45) is 4.84. The number of carbonyl (C=O) groups excluding carboxylic acids is 1. The number of benzene rings is 2. The number of hydrogen-bond donors (Lipinski definition) is 1. The van der Waals surface area contributed by atoms with Crippen molar-refractivity contribution in [3.05, 3.63) is 77.4 Å². The molecule has 2 aromatic carbocycles. The summed E-state index contributed by atoms with van der Waals surface area (Å²) >= 11 is 0. The zero-order valence-corrected chi connectivity index (χ0v) is 16.5. The van der Waals surface area contributed by atoms with Gasteiger partial charge in [0.15, 0.2) is 0 Å². The van der Waals surface area contributed by atoms with E-state index >= 15 is 0 Å². The van der Waals surface area contributed by atoms with E-state index in [1.54, 1.807) is 30.6 Å². The van der Waals surface area contributed by atoms with Crippen molar-refractivity contribution in [2.24, 2.45) is 0 Å². The fourth-order valence-electron chi connectivity index (χ4n) is 3.42. The molecule has 0 fully saturated rings. The minimum atomic E-state index is -3.28. The van der Waals surface area contributed by atoms with Crippen LogP contribution in [0.2, 0.25) is 0 Å². The van der Waals surface area contributed by atoms with Gasteiger partial charge in [-0.15, -0.1) is 0 Å². The topological polar surface area (TPSA) is 84.3 Å². The van der Waals surface area contributed by atoms with Crippen LogP contribution in [0.3, 0.4) is 0 Å². The molecule has 1 amide bonds. The first-order valence-electron chi connectivity index (χ1n) is 9.00. The number of carbonyl (C=O) groups is 1. The molecule has 7 nitrogen and oxygen atoms in total. The average Bonchev–Trinajstić information content (AvgIpc) is 3.21. The Balaban J connectivity index is 1.56. The van der Waals surface area contributed by atoms with Gasteiger partial charge in [0.25, 0.3) is 5.91 Å². The van der Waals surface area contributed by atoms with Crippen LogP contribution < -0.4 is 5.32 Å². The second-order valence-electron chi connectivity index (χ2n) is 6.86. The summed E-state index contributed by atoms with van der Waals surface area (Å²) in [4.78, 5) is 12.7. The fraction of sp³-hybridized carbons (Fsp3) is 0.200. The van der Waals surface area contributed by atoms with E-state index < -0.39 is 21.7 Å². The first kappa shape index (κ1) is 19.3. The van der Waals surface area contributed by atoms with Crippen LogP contribution in [0.1, 0.15) is 21.5 Å². The minimum Gasteiger partial charge on any atom is -0.322 e. The molecule has 1 aromatic heterocycles. The second kappa shape index (κ2) is 7.41. The van der Waals surface area contributed by atoms with Gasteiger partial charge in [-0.1, -0.05) is 12.1 Å². The summed E-state index contributed by atoms with van der Waals surface area (Å²) in [5.41, 5.74) is 2.79. The molecule has 0 aliphatic carbocycles. The standard InChI is InChI=1S/C20H19FN4O3S/c1-29(27,28)24-11-8-16-15(13-24)4-2-5-18(16)23-20(26)14-6-7-19(17(21)12-14)25-10-3-9-22-25/h2-7,9-10,12H,8,11,13H2,1H3,(H,23,26). The monoisotopic (exact) mass is 414 g/mol. The molecule has 0 atom stereocenters. The lowest BCUT2D eigenvalue weighted by molar-refractivity contribution is 0.102. The van der Waals surface area contributed by atoms with Crippen LogP contribution in [0.25, 0.3) is 5.69 Å². The summed E-state index contributed by atoms with van der Waals surface area (Å²) in [5, 5.41) is 6.82. The molecule has 2 heterocycles. The number of amides is 1. The quantitative estimate of drug-likeness (QED) is 0.711. The zero-order valence-electron chi connectivity index (χ0n) is 15.7. The molecule has 0 bridgehead atoms. The Kier molecular flexibility index (Phi) is 4.93. The van der Waals surface area contributed by atoms with Gasteiger partial charge in [-0.2, -0.15) is 9.40 Å². The lowest BCUT2D eigenvalue weighted by Gasteiger charge is -2.28. The molecule has 150 valence electrons. The van der Waals surface area contributed by atoms with Gasteiger partial charge >= 0.3 is 0 Å². The van der Waals surface area contributed by atoms with E-state index in [0.717, 1.165) is 11.1 Å².